The van der Waals surface area contributed by atoms with Crippen LogP contribution >= 0.6 is 0 Å². The summed E-state index contributed by atoms with van der Waals surface area (Å²) in [5, 5.41) is 8.68. The third kappa shape index (κ3) is 7.47. The van der Waals surface area contributed by atoms with Gasteiger partial charge in [-0.3, -0.25) is 13.7 Å². The number of nitrogens with zero attached hydrogens (tertiary/aromatic N) is 1. The van der Waals surface area contributed by atoms with Gasteiger partial charge in [0.25, 0.3) is 30.4 Å². The molecule has 0 aromatic heterocycles. The molecule has 56 heavy (non-hydrogen) atoms. The van der Waals surface area contributed by atoms with Crippen molar-refractivity contribution in [2.24, 2.45) is 10.1 Å². The number of sulfonamides is 1. The minimum absolute atomic E-state index is 0.000770. The number of hydrogen-bond acceptors (Lipinski definition) is 11. The molecule has 294 valence electrons. The van der Waals surface area contributed by atoms with E-state index in [4.69, 9.17) is 9.56 Å². The van der Waals surface area contributed by atoms with Gasteiger partial charge in [-0.15, -0.1) is 0 Å². The number of rotatable bonds is 8. The fourth-order valence-electron chi connectivity index (χ4n) is 7.24. The maximum atomic E-state index is 13.0. The van der Waals surface area contributed by atoms with E-state index in [1.165, 1.54) is 57.2 Å². The molecule has 6 N–H and O–H groups in total. The van der Waals surface area contributed by atoms with Gasteiger partial charge < -0.3 is 9.73 Å². The highest BCUT2D eigenvalue weighted by atomic mass is 32.2. The van der Waals surface area contributed by atoms with E-state index in [1.54, 1.807) is 45.0 Å². The van der Waals surface area contributed by atoms with Gasteiger partial charge in [0, 0.05) is 45.6 Å². The zero-order chi connectivity index (χ0) is 41.4. The van der Waals surface area contributed by atoms with Crippen LogP contribution in [0.4, 0.5) is 17.1 Å². The number of benzene rings is 5. The summed E-state index contributed by atoms with van der Waals surface area (Å²) >= 11 is 0. The number of nitrogens with one attached hydrogen (secondary N) is 1. The van der Waals surface area contributed by atoms with Gasteiger partial charge in [0.15, 0.2) is 0 Å². The summed E-state index contributed by atoms with van der Waals surface area (Å²) in [6, 6.07) is 15.6. The SMILES string of the molecule is Cc1cc(C)c(S(=O)(=O)O)c(C)c1N=c1cc2oc3cc(Nc4c(C)cc(C)c(S(=O)(=O)O)c4C)ccc3c(-c3ccccc3S(N)(=O)=O)c-2cc1S(=O)(=O)O. The highest BCUT2D eigenvalue weighted by Gasteiger charge is 2.28. The first kappa shape index (κ1) is 40.7. The van der Waals surface area contributed by atoms with Crippen LogP contribution in [0, 0.1) is 41.5 Å². The average molecular weight is 842 g/mol. The number of primary sulfonamides is 1. The lowest BCUT2D eigenvalue weighted by Gasteiger charge is -2.20. The predicted molar refractivity (Wildman–Crippen MR) is 209 cm³/mol. The Hall–Kier alpha value is -4.99. The van der Waals surface area contributed by atoms with E-state index in [2.05, 4.69) is 10.3 Å². The second-order valence-electron chi connectivity index (χ2n) is 13.4. The maximum absolute atomic E-state index is 13.0. The summed E-state index contributed by atoms with van der Waals surface area (Å²) in [4.78, 5) is 2.72. The first-order valence-corrected chi connectivity index (χ1v) is 22.3. The monoisotopic (exact) mass is 841 g/mol. The average Bonchev–Trinajstić information content (AvgIpc) is 3.04. The molecule has 0 spiro atoms. The minimum Gasteiger partial charge on any atom is -0.456 e. The molecular weight excluding hydrogens is 807 g/mol. The molecule has 0 fully saturated rings. The summed E-state index contributed by atoms with van der Waals surface area (Å²) in [6.07, 6.45) is 0. The molecule has 19 heteroatoms. The molecule has 0 atom stereocenters. The lowest BCUT2D eigenvalue weighted by molar-refractivity contribution is 0.479. The molecular formula is C37H35N3O12S4. The van der Waals surface area contributed by atoms with Crippen LogP contribution < -0.4 is 15.8 Å². The van der Waals surface area contributed by atoms with E-state index in [9.17, 15) is 47.3 Å². The van der Waals surface area contributed by atoms with E-state index in [0.717, 1.165) is 6.07 Å². The fraction of sp³-hybridized carbons (Fsp3) is 0.162. The van der Waals surface area contributed by atoms with Crippen molar-refractivity contribution in [3.63, 3.8) is 0 Å². The second-order valence-corrected chi connectivity index (χ2v) is 19.0. The molecule has 1 aliphatic carbocycles. The Bertz CT molecular complexity index is 3170. The first-order chi connectivity index (χ1) is 25.8. The second kappa shape index (κ2) is 13.9. The Morgan fingerprint density at radius 3 is 1.80 bits per heavy atom. The van der Waals surface area contributed by atoms with Gasteiger partial charge in [-0.1, -0.05) is 30.3 Å². The molecule has 1 heterocycles. The standard InChI is InChI=1S/C37H35N3O12S4/c1-18-13-20(3)36(55(46,47)48)22(5)34(18)39-24-11-12-25-29(15-24)52-30-17-28(40-35-19(2)14-21(4)37(23(35)6)56(49,50)51)32(54(43,44)45)16-27(30)33(25)26-9-7-8-10-31(26)53(38,41)42/h7-17,39H,1-6H3,(H2,38,41,42)(H,43,44,45)(H,46,47,48)(H,49,50,51). The number of fused-ring (bicyclic) bond motifs is 2. The van der Waals surface area contributed by atoms with Crippen molar-refractivity contribution < 1.29 is 51.7 Å². The van der Waals surface area contributed by atoms with Gasteiger partial charge in [-0.2, -0.15) is 25.3 Å². The van der Waals surface area contributed by atoms with Crippen LogP contribution in [0.1, 0.15) is 33.4 Å². The van der Waals surface area contributed by atoms with Crippen LogP contribution in [0.3, 0.4) is 0 Å². The molecule has 0 saturated heterocycles. The summed E-state index contributed by atoms with van der Waals surface area (Å²) < 4.78 is 138. The molecule has 1 aliphatic heterocycles. The van der Waals surface area contributed by atoms with E-state index in [1.807, 2.05) is 0 Å². The van der Waals surface area contributed by atoms with Gasteiger partial charge in [0.1, 0.15) is 26.0 Å². The highest BCUT2D eigenvalue weighted by Crippen LogP contribution is 2.44. The van der Waals surface area contributed by atoms with E-state index >= 15 is 0 Å². The smallest absolute Gasteiger partial charge is 0.296 e. The summed E-state index contributed by atoms with van der Waals surface area (Å²) in [5.74, 6) is -0.0613. The Kier molecular flexibility index (Phi) is 10.1. The highest BCUT2D eigenvalue weighted by molar-refractivity contribution is 7.89. The molecule has 15 nitrogen and oxygen atoms in total. The molecule has 0 radical (unpaired) electrons. The molecule has 0 amide bonds. The molecule has 4 aromatic carbocycles. The number of aryl methyl sites for hydroxylation is 4. The van der Waals surface area contributed by atoms with Gasteiger partial charge in [-0.25, -0.2) is 18.5 Å². The van der Waals surface area contributed by atoms with E-state index in [-0.39, 0.29) is 70.9 Å². The zero-order valence-electron chi connectivity index (χ0n) is 30.5. The molecule has 0 unspecified atom stereocenters. The maximum Gasteiger partial charge on any atom is 0.296 e. The molecule has 0 bridgehead atoms. The molecule has 0 saturated carbocycles. The van der Waals surface area contributed by atoms with Crippen LogP contribution in [0.2, 0.25) is 0 Å². The lowest BCUT2D eigenvalue weighted by atomic mass is 9.93. The van der Waals surface area contributed by atoms with Crippen molar-refractivity contribution in [2.75, 3.05) is 5.32 Å². The van der Waals surface area contributed by atoms with Crippen LogP contribution in [-0.4, -0.2) is 47.3 Å². The largest absolute Gasteiger partial charge is 0.456 e. The topological polar surface area (TPSA) is 261 Å². The summed E-state index contributed by atoms with van der Waals surface area (Å²) in [5.41, 5.74) is 2.88. The molecule has 4 aromatic rings. The van der Waals surface area contributed by atoms with Crippen LogP contribution in [0.15, 0.2) is 95.7 Å². The first-order valence-electron chi connectivity index (χ1n) is 16.4. The van der Waals surface area contributed by atoms with Crippen molar-refractivity contribution >= 4 is 68.4 Å². The third-order valence-electron chi connectivity index (χ3n) is 9.32. The molecule has 2 aliphatic rings. The van der Waals surface area contributed by atoms with Gasteiger partial charge in [-0.05, 0) is 99.2 Å². The lowest BCUT2D eigenvalue weighted by Crippen LogP contribution is -2.17. The summed E-state index contributed by atoms with van der Waals surface area (Å²) in [6.45, 7) is 9.26. The quantitative estimate of drug-likeness (QED) is 0.0820. The van der Waals surface area contributed by atoms with Crippen molar-refractivity contribution in [3.05, 3.63) is 105 Å². The fourth-order valence-corrected chi connectivity index (χ4v) is 10.5. The van der Waals surface area contributed by atoms with Gasteiger partial charge >= 0.3 is 0 Å². The Balaban J connectivity index is 1.74. The Labute approximate surface area is 323 Å². The van der Waals surface area contributed by atoms with Crippen molar-refractivity contribution in [2.45, 2.75) is 61.1 Å². The van der Waals surface area contributed by atoms with Gasteiger partial charge in [0.2, 0.25) is 10.0 Å². The van der Waals surface area contributed by atoms with Crippen LogP contribution in [-0.2, 0) is 40.4 Å². The summed E-state index contributed by atoms with van der Waals surface area (Å²) in [7, 11) is -18.8. The predicted octanol–water partition coefficient (Wildman–Crippen LogP) is 6.42. The zero-order valence-corrected chi connectivity index (χ0v) is 33.8. The molecule has 6 rings (SSSR count). The van der Waals surface area contributed by atoms with Crippen LogP contribution in [0.5, 0.6) is 0 Å². The number of nitrogens with two attached hydrogens (primary N) is 1. The Morgan fingerprint density at radius 1 is 0.625 bits per heavy atom. The van der Waals surface area contributed by atoms with Crippen molar-refractivity contribution in [3.8, 4) is 22.5 Å². The van der Waals surface area contributed by atoms with Gasteiger partial charge in [0.05, 0.1) is 15.9 Å². The van der Waals surface area contributed by atoms with Crippen molar-refractivity contribution in [1.29, 1.82) is 0 Å². The normalized spacial score (nSPS) is 13.1. The van der Waals surface area contributed by atoms with E-state index < -0.39 is 50.2 Å². The number of hydrogen-bond donors (Lipinski definition) is 5. The number of anilines is 2. The third-order valence-corrected chi connectivity index (χ3v) is 13.5. The van der Waals surface area contributed by atoms with Crippen molar-refractivity contribution in [1.82, 2.24) is 0 Å². The van der Waals surface area contributed by atoms with E-state index in [0.29, 0.717) is 28.1 Å². The Morgan fingerprint density at radius 2 is 1.21 bits per heavy atom. The van der Waals surface area contributed by atoms with Crippen LogP contribution in [0.25, 0.3) is 33.4 Å². The minimum atomic E-state index is -5.09.